The zero-order valence-corrected chi connectivity index (χ0v) is 11.7. The molecule has 0 saturated carbocycles. The fourth-order valence-corrected chi connectivity index (χ4v) is 2.20. The van der Waals surface area contributed by atoms with Crippen molar-refractivity contribution in [2.24, 2.45) is 0 Å². The van der Waals surface area contributed by atoms with E-state index in [1.807, 2.05) is 59.3 Å². The lowest BCUT2D eigenvalue weighted by atomic mass is 10.1. The van der Waals surface area contributed by atoms with E-state index in [0.29, 0.717) is 0 Å². The van der Waals surface area contributed by atoms with Gasteiger partial charge in [0.15, 0.2) is 0 Å². The molecule has 1 aromatic heterocycles. The highest BCUT2D eigenvalue weighted by atomic mass is 35.5. The average molecular weight is 285 g/mol. The minimum atomic E-state index is 0.726. The Bertz CT molecular complexity index is 702. The van der Waals surface area contributed by atoms with E-state index in [1.54, 1.807) is 13.4 Å². The Morgan fingerprint density at radius 1 is 1.00 bits per heavy atom. The third-order valence-electron chi connectivity index (χ3n) is 3.13. The number of ether oxygens (including phenoxy) is 1. The standard InChI is InChI=1S/C16H13ClN2O/c1-20-15-8-6-14(7-9-15)19-11-18-10-16(19)12-2-4-13(17)5-3-12/h2-11H,1H3. The molecule has 0 bridgehead atoms. The second-order valence-electron chi connectivity index (χ2n) is 4.35. The van der Waals surface area contributed by atoms with Crippen LogP contribution < -0.4 is 4.74 Å². The van der Waals surface area contributed by atoms with Crippen molar-refractivity contribution in [3.05, 3.63) is 66.1 Å². The van der Waals surface area contributed by atoms with Crippen LogP contribution in [0.25, 0.3) is 16.9 Å². The minimum Gasteiger partial charge on any atom is -0.497 e. The SMILES string of the molecule is COc1ccc(-n2cncc2-c2ccc(Cl)cc2)cc1. The number of aromatic nitrogens is 2. The molecule has 0 N–H and O–H groups in total. The maximum Gasteiger partial charge on any atom is 0.119 e. The van der Waals surface area contributed by atoms with Gasteiger partial charge in [-0.2, -0.15) is 0 Å². The van der Waals surface area contributed by atoms with E-state index in [9.17, 15) is 0 Å². The molecule has 0 aliphatic carbocycles. The highest BCUT2D eigenvalue weighted by Gasteiger charge is 2.07. The molecule has 0 atom stereocenters. The van der Waals surface area contributed by atoms with E-state index in [2.05, 4.69) is 4.98 Å². The number of nitrogens with zero attached hydrogens (tertiary/aromatic N) is 2. The third kappa shape index (κ3) is 2.40. The number of imidazole rings is 1. The van der Waals surface area contributed by atoms with E-state index < -0.39 is 0 Å². The molecule has 3 rings (SSSR count). The van der Waals surface area contributed by atoms with E-state index in [4.69, 9.17) is 16.3 Å². The molecular weight excluding hydrogens is 272 g/mol. The van der Waals surface area contributed by atoms with Crippen molar-refractivity contribution in [1.29, 1.82) is 0 Å². The van der Waals surface area contributed by atoms with Crippen molar-refractivity contribution in [3.8, 4) is 22.7 Å². The maximum absolute atomic E-state index is 5.93. The summed E-state index contributed by atoms with van der Waals surface area (Å²) in [5.74, 6) is 0.835. The molecule has 4 heteroatoms. The van der Waals surface area contributed by atoms with E-state index >= 15 is 0 Å². The van der Waals surface area contributed by atoms with Crippen molar-refractivity contribution in [2.75, 3.05) is 7.11 Å². The number of halogens is 1. The van der Waals surface area contributed by atoms with Crippen molar-refractivity contribution in [1.82, 2.24) is 9.55 Å². The number of hydrogen-bond donors (Lipinski definition) is 0. The summed E-state index contributed by atoms with van der Waals surface area (Å²) in [4.78, 5) is 4.24. The molecule has 20 heavy (non-hydrogen) atoms. The van der Waals surface area contributed by atoms with Gasteiger partial charge in [-0.15, -0.1) is 0 Å². The third-order valence-corrected chi connectivity index (χ3v) is 3.38. The maximum atomic E-state index is 5.93. The molecule has 2 aromatic carbocycles. The van der Waals surface area contributed by atoms with Gasteiger partial charge in [0, 0.05) is 16.3 Å². The van der Waals surface area contributed by atoms with Gasteiger partial charge in [0.25, 0.3) is 0 Å². The largest absolute Gasteiger partial charge is 0.497 e. The summed E-state index contributed by atoms with van der Waals surface area (Å²) in [6.45, 7) is 0. The van der Waals surface area contributed by atoms with Crippen LogP contribution in [0.3, 0.4) is 0 Å². The van der Waals surface area contributed by atoms with E-state index in [1.165, 1.54) is 0 Å². The lowest BCUT2D eigenvalue weighted by molar-refractivity contribution is 0.415. The second kappa shape index (κ2) is 5.39. The summed E-state index contributed by atoms with van der Waals surface area (Å²) in [6, 6.07) is 15.6. The molecule has 0 radical (unpaired) electrons. The molecule has 0 spiro atoms. The van der Waals surface area contributed by atoms with Crippen molar-refractivity contribution in [2.45, 2.75) is 0 Å². The quantitative estimate of drug-likeness (QED) is 0.721. The summed E-state index contributed by atoms with van der Waals surface area (Å²) in [5.41, 5.74) is 3.13. The van der Waals surface area contributed by atoms with Gasteiger partial charge in [-0.3, -0.25) is 4.57 Å². The Kier molecular flexibility index (Phi) is 3.44. The highest BCUT2D eigenvalue weighted by Crippen LogP contribution is 2.25. The normalized spacial score (nSPS) is 10.5. The summed E-state index contributed by atoms with van der Waals surface area (Å²) in [7, 11) is 1.66. The first-order chi connectivity index (χ1) is 9.78. The van der Waals surface area contributed by atoms with Crippen LogP contribution in [-0.2, 0) is 0 Å². The van der Waals surface area contributed by atoms with Crippen molar-refractivity contribution in [3.63, 3.8) is 0 Å². The van der Waals surface area contributed by atoms with E-state index in [0.717, 1.165) is 27.7 Å². The summed E-state index contributed by atoms with van der Waals surface area (Å²) in [6.07, 6.45) is 3.64. The summed E-state index contributed by atoms with van der Waals surface area (Å²) < 4.78 is 7.21. The Morgan fingerprint density at radius 2 is 1.70 bits per heavy atom. The Balaban J connectivity index is 2.02. The fourth-order valence-electron chi connectivity index (χ4n) is 2.08. The molecule has 0 amide bonds. The topological polar surface area (TPSA) is 27.1 Å². The first kappa shape index (κ1) is 12.8. The Labute approximate surface area is 122 Å². The van der Waals surface area contributed by atoms with Crippen molar-refractivity contribution < 1.29 is 4.74 Å². The molecular formula is C16H13ClN2O. The van der Waals surface area contributed by atoms with Gasteiger partial charge in [0.1, 0.15) is 5.75 Å². The first-order valence-electron chi connectivity index (χ1n) is 6.20. The van der Waals surface area contributed by atoms with Gasteiger partial charge in [-0.05, 0) is 36.4 Å². The van der Waals surface area contributed by atoms with Crippen LogP contribution in [0.5, 0.6) is 5.75 Å². The predicted octanol–water partition coefficient (Wildman–Crippen LogP) is 4.20. The molecule has 100 valence electrons. The molecule has 1 heterocycles. The van der Waals surface area contributed by atoms with Gasteiger partial charge in [0.2, 0.25) is 0 Å². The van der Waals surface area contributed by atoms with Crippen LogP contribution >= 0.6 is 11.6 Å². The second-order valence-corrected chi connectivity index (χ2v) is 4.79. The molecule has 0 aliphatic rings. The lowest BCUT2D eigenvalue weighted by Gasteiger charge is -2.09. The Hall–Kier alpha value is -2.26. The van der Waals surface area contributed by atoms with Gasteiger partial charge in [-0.1, -0.05) is 23.7 Å². The molecule has 3 nitrogen and oxygen atoms in total. The average Bonchev–Trinajstić information content (AvgIpc) is 2.97. The zero-order valence-electron chi connectivity index (χ0n) is 11.0. The lowest BCUT2D eigenvalue weighted by Crippen LogP contribution is -1.95. The van der Waals surface area contributed by atoms with E-state index in [-0.39, 0.29) is 0 Å². The molecule has 0 aliphatic heterocycles. The molecule has 0 fully saturated rings. The predicted molar refractivity (Wildman–Crippen MR) is 80.6 cm³/mol. The molecule has 0 saturated heterocycles. The number of rotatable bonds is 3. The number of hydrogen-bond acceptors (Lipinski definition) is 2. The monoisotopic (exact) mass is 284 g/mol. The fraction of sp³-hybridized carbons (Fsp3) is 0.0625. The van der Waals surface area contributed by atoms with Gasteiger partial charge < -0.3 is 4.74 Å². The number of benzene rings is 2. The van der Waals surface area contributed by atoms with Crippen LogP contribution in [-0.4, -0.2) is 16.7 Å². The molecule has 3 aromatic rings. The first-order valence-corrected chi connectivity index (χ1v) is 6.58. The summed E-state index contributed by atoms with van der Waals surface area (Å²) in [5, 5.41) is 0.726. The van der Waals surface area contributed by atoms with Gasteiger partial charge in [0.05, 0.1) is 25.3 Å². The number of methoxy groups -OCH3 is 1. The van der Waals surface area contributed by atoms with Crippen LogP contribution in [0.1, 0.15) is 0 Å². The van der Waals surface area contributed by atoms with Crippen molar-refractivity contribution >= 4 is 11.6 Å². The smallest absolute Gasteiger partial charge is 0.119 e. The zero-order chi connectivity index (χ0) is 13.9. The van der Waals surface area contributed by atoms with Crippen LogP contribution in [0.15, 0.2) is 61.1 Å². The highest BCUT2D eigenvalue weighted by molar-refractivity contribution is 6.30. The van der Waals surface area contributed by atoms with Crippen LogP contribution in [0, 0.1) is 0 Å². The molecule has 0 unspecified atom stereocenters. The van der Waals surface area contributed by atoms with Gasteiger partial charge in [-0.25, -0.2) is 4.98 Å². The summed E-state index contributed by atoms with van der Waals surface area (Å²) >= 11 is 5.93. The minimum absolute atomic E-state index is 0.726. The van der Waals surface area contributed by atoms with Gasteiger partial charge >= 0.3 is 0 Å². The Morgan fingerprint density at radius 3 is 2.35 bits per heavy atom. The van der Waals surface area contributed by atoms with Crippen LogP contribution in [0.4, 0.5) is 0 Å². The van der Waals surface area contributed by atoms with Crippen LogP contribution in [0.2, 0.25) is 5.02 Å².